The maximum Gasteiger partial charge on any atom is 0.191 e. The van der Waals surface area contributed by atoms with Crippen LogP contribution in [-0.2, 0) is 17.8 Å². The zero-order valence-corrected chi connectivity index (χ0v) is 15.4. The Labute approximate surface area is 144 Å². The van der Waals surface area contributed by atoms with Crippen LogP contribution in [0.3, 0.4) is 0 Å². The number of nitrogens with zero attached hydrogens (tertiary/aromatic N) is 4. The first kappa shape index (κ1) is 17.2. The molecule has 1 aromatic heterocycles. The van der Waals surface area contributed by atoms with Gasteiger partial charge in [-0.1, -0.05) is 31.0 Å². The third-order valence-electron chi connectivity index (χ3n) is 5.09. The van der Waals surface area contributed by atoms with E-state index in [1.807, 2.05) is 0 Å². The summed E-state index contributed by atoms with van der Waals surface area (Å²) in [5.41, 5.74) is 0. The highest BCUT2D eigenvalue weighted by atomic mass is 32.2. The molecule has 23 heavy (non-hydrogen) atoms. The number of aromatic nitrogens is 3. The Morgan fingerprint density at radius 3 is 2.70 bits per heavy atom. The number of thioether (sulfide) groups is 1. The molecule has 2 heterocycles. The second kappa shape index (κ2) is 8.49. The SMILES string of the molecule is CSc1nnc(CN(C)CC2CCCCC2)n1CC1CCCO1. The lowest BCUT2D eigenvalue weighted by Crippen LogP contribution is -2.28. The molecule has 130 valence electrons. The Balaban J connectivity index is 1.60. The quantitative estimate of drug-likeness (QED) is 0.714. The van der Waals surface area contributed by atoms with Gasteiger partial charge in [0.2, 0.25) is 0 Å². The monoisotopic (exact) mass is 338 g/mol. The van der Waals surface area contributed by atoms with Crippen LogP contribution in [-0.4, -0.2) is 52.2 Å². The molecule has 6 heteroatoms. The van der Waals surface area contributed by atoms with Crippen LogP contribution >= 0.6 is 11.8 Å². The van der Waals surface area contributed by atoms with Gasteiger partial charge < -0.3 is 9.30 Å². The van der Waals surface area contributed by atoms with E-state index in [0.29, 0.717) is 6.10 Å². The first-order valence-electron chi connectivity index (χ1n) is 9.02. The average molecular weight is 339 g/mol. The fourth-order valence-electron chi connectivity index (χ4n) is 3.88. The van der Waals surface area contributed by atoms with E-state index >= 15 is 0 Å². The highest BCUT2D eigenvalue weighted by molar-refractivity contribution is 7.98. The van der Waals surface area contributed by atoms with Crippen LogP contribution in [0.25, 0.3) is 0 Å². The third-order valence-corrected chi connectivity index (χ3v) is 5.76. The van der Waals surface area contributed by atoms with Gasteiger partial charge >= 0.3 is 0 Å². The zero-order valence-electron chi connectivity index (χ0n) is 14.5. The van der Waals surface area contributed by atoms with Gasteiger partial charge in [-0.25, -0.2) is 0 Å². The van der Waals surface area contributed by atoms with Crippen molar-refractivity contribution in [3.8, 4) is 0 Å². The van der Waals surface area contributed by atoms with Gasteiger partial charge in [0.25, 0.3) is 0 Å². The van der Waals surface area contributed by atoms with Crippen LogP contribution in [0.5, 0.6) is 0 Å². The van der Waals surface area contributed by atoms with Crippen LogP contribution in [0.15, 0.2) is 5.16 Å². The van der Waals surface area contributed by atoms with Gasteiger partial charge in [0.1, 0.15) is 5.82 Å². The lowest BCUT2D eigenvalue weighted by atomic mass is 9.89. The fraction of sp³-hybridized carbons (Fsp3) is 0.882. The summed E-state index contributed by atoms with van der Waals surface area (Å²) in [6.07, 6.45) is 11.8. The van der Waals surface area contributed by atoms with E-state index in [-0.39, 0.29) is 0 Å². The van der Waals surface area contributed by atoms with Crippen molar-refractivity contribution in [3.63, 3.8) is 0 Å². The number of rotatable bonds is 7. The largest absolute Gasteiger partial charge is 0.376 e. The molecule has 3 rings (SSSR count). The third kappa shape index (κ3) is 4.70. The molecule has 0 N–H and O–H groups in total. The standard InChI is InChI=1S/C17H30N4OS/c1-20(11-14-7-4-3-5-8-14)13-16-18-19-17(23-2)21(16)12-15-9-6-10-22-15/h14-15H,3-13H2,1-2H3. The molecule has 0 spiro atoms. The van der Waals surface area contributed by atoms with Crippen LogP contribution in [0.2, 0.25) is 0 Å². The van der Waals surface area contributed by atoms with Crippen LogP contribution in [0.1, 0.15) is 50.8 Å². The summed E-state index contributed by atoms with van der Waals surface area (Å²) in [6.45, 7) is 3.87. The van der Waals surface area contributed by atoms with E-state index in [1.54, 1.807) is 11.8 Å². The number of hydrogen-bond acceptors (Lipinski definition) is 5. The lowest BCUT2D eigenvalue weighted by molar-refractivity contribution is 0.0932. The lowest BCUT2D eigenvalue weighted by Gasteiger charge is -2.27. The normalized spacial score (nSPS) is 23.0. The maximum atomic E-state index is 5.81. The summed E-state index contributed by atoms with van der Waals surface area (Å²) in [7, 11) is 2.22. The van der Waals surface area contributed by atoms with E-state index < -0.39 is 0 Å². The highest BCUT2D eigenvalue weighted by Crippen LogP contribution is 2.25. The van der Waals surface area contributed by atoms with E-state index in [1.165, 1.54) is 45.1 Å². The Morgan fingerprint density at radius 2 is 2.00 bits per heavy atom. The molecule has 0 aromatic carbocycles. The molecule has 1 aliphatic carbocycles. The van der Waals surface area contributed by atoms with Crippen LogP contribution in [0.4, 0.5) is 0 Å². The molecule has 2 aliphatic rings. The van der Waals surface area contributed by atoms with Crippen molar-refractivity contribution in [2.45, 2.75) is 69.3 Å². The van der Waals surface area contributed by atoms with Crippen LogP contribution < -0.4 is 0 Å². The van der Waals surface area contributed by atoms with Gasteiger partial charge in [-0.05, 0) is 44.9 Å². The van der Waals surface area contributed by atoms with Crippen molar-refractivity contribution in [2.75, 3.05) is 26.5 Å². The van der Waals surface area contributed by atoms with E-state index in [4.69, 9.17) is 4.74 Å². The van der Waals surface area contributed by atoms with Crippen molar-refractivity contribution in [3.05, 3.63) is 5.82 Å². The van der Waals surface area contributed by atoms with E-state index in [9.17, 15) is 0 Å². The molecule has 1 atom stereocenters. The summed E-state index contributed by atoms with van der Waals surface area (Å²) in [6, 6.07) is 0. The molecule has 0 bridgehead atoms. The van der Waals surface area contributed by atoms with Crippen LogP contribution in [0, 0.1) is 5.92 Å². The van der Waals surface area contributed by atoms with E-state index in [0.717, 1.165) is 43.0 Å². The summed E-state index contributed by atoms with van der Waals surface area (Å²) >= 11 is 1.68. The predicted octanol–water partition coefficient (Wildman–Crippen LogP) is 3.19. The minimum atomic E-state index is 0.333. The average Bonchev–Trinajstić information content (AvgIpc) is 3.19. The van der Waals surface area contributed by atoms with Gasteiger partial charge in [0.05, 0.1) is 19.2 Å². The molecule has 5 nitrogen and oxygen atoms in total. The maximum absolute atomic E-state index is 5.81. The van der Waals surface area contributed by atoms with Crippen molar-refractivity contribution in [1.82, 2.24) is 19.7 Å². The van der Waals surface area contributed by atoms with Gasteiger partial charge in [-0.15, -0.1) is 10.2 Å². The van der Waals surface area contributed by atoms with Crippen molar-refractivity contribution < 1.29 is 4.74 Å². The molecule has 1 unspecified atom stereocenters. The fourth-order valence-corrected chi connectivity index (χ4v) is 4.40. The molecule has 2 fully saturated rings. The highest BCUT2D eigenvalue weighted by Gasteiger charge is 2.22. The topological polar surface area (TPSA) is 43.2 Å². The van der Waals surface area contributed by atoms with Gasteiger partial charge in [0.15, 0.2) is 5.16 Å². The van der Waals surface area contributed by atoms with E-state index in [2.05, 4.69) is 33.0 Å². The predicted molar refractivity (Wildman–Crippen MR) is 93.7 cm³/mol. The molecule has 1 aliphatic heterocycles. The molecule has 0 radical (unpaired) electrons. The number of ether oxygens (including phenoxy) is 1. The molecule has 1 saturated heterocycles. The second-order valence-corrected chi connectivity index (χ2v) is 7.82. The number of hydrogen-bond donors (Lipinski definition) is 0. The molecule has 0 amide bonds. The van der Waals surface area contributed by atoms with Crippen molar-refractivity contribution in [2.24, 2.45) is 5.92 Å². The zero-order chi connectivity index (χ0) is 16.1. The Morgan fingerprint density at radius 1 is 1.17 bits per heavy atom. The molecule has 1 saturated carbocycles. The summed E-state index contributed by atoms with van der Waals surface area (Å²) in [4.78, 5) is 2.43. The van der Waals surface area contributed by atoms with Crippen molar-refractivity contribution >= 4 is 11.8 Å². The minimum Gasteiger partial charge on any atom is -0.376 e. The second-order valence-electron chi connectivity index (χ2n) is 7.05. The Hall–Kier alpha value is -0.590. The van der Waals surface area contributed by atoms with Gasteiger partial charge in [-0.2, -0.15) is 0 Å². The minimum absolute atomic E-state index is 0.333. The Bertz CT molecular complexity index is 481. The summed E-state index contributed by atoms with van der Waals surface area (Å²) in [5.74, 6) is 1.95. The summed E-state index contributed by atoms with van der Waals surface area (Å²) in [5, 5.41) is 9.84. The first-order valence-corrected chi connectivity index (χ1v) is 10.2. The first-order chi connectivity index (χ1) is 11.3. The molecular formula is C17H30N4OS. The van der Waals surface area contributed by atoms with Gasteiger partial charge in [0, 0.05) is 13.2 Å². The van der Waals surface area contributed by atoms with Gasteiger partial charge in [-0.3, -0.25) is 4.90 Å². The molecule has 1 aromatic rings. The summed E-state index contributed by atoms with van der Waals surface area (Å²) < 4.78 is 8.08. The molecular weight excluding hydrogens is 308 g/mol. The van der Waals surface area contributed by atoms with Crippen molar-refractivity contribution in [1.29, 1.82) is 0 Å². The Kier molecular flexibility index (Phi) is 6.36. The smallest absolute Gasteiger partial charge is 0.191 e.